The third-order valence-electron chi connectivity index (χ3n) is 4.96. The smallest absolute Gasteiger partial charge is 0.282 e. The van der Waals surface area contributed by atoms with Crippen molar-refractivity contribution in [3.05, 3.63) is 70.6 Å². The van der Waals surface area contributed by atoms with Gasteiger partial charge in [-0.2, -0.15) is 0 Å². The summed E-state index contributed by atoms with van der Waals surface area (Å²) in [5.74, 6) is -1.38. The van der Waals surface area contributed by atoms with Crippen LogP contribution >= 0.6 is 11.6 Å². The van der Waals surface area contributed by atoms with Gasteiger partial charge in [-0.25, -0.2) is 9.29 Å². The number of imide groups is 1. The maximum atomic E-state index is 13.6. The SMILES string of the molecule is O=C1C(c2ccccc2)=C(N2CCCCC2)C(=O)N1c1ccc(F)c(Cl)c1. The Labute approximate surface area is 161 Å². The first-order valence-corrected chi connectivity index (χ1v) is 9.34. The zero-order valence-corrected chi connectivity index (χ0v) is 15.4. The van der Waals surface area contributed by atoms with Gasteiger partial charge in [-0.15, -0.1) is 0 Å². The molecule has 0 aromatic heterocycles. The van der Waals surface area contributed by atoms with Gasteiger partial charge in [-0.3, -0.25) is 9.59 Å². The van der Waals surface area contributed by atoms with E-state index in [-0.39, 0.29) is 16.6 Å². The van der Waals surface area contributed by atoms with E-state index < -0.39 is 11.7 Å². The number of benzene rings is 2. The van der Waals surface area contributed by atoms with Crippen LogP contribution in [0.3, 0.4) is 0 Å². The normalized spacial score (nSPS) is 17.9. The minimum absolute atomic E-state index is 0.124. The predicted molar refractivity (Wildman–Crippen MR) is 103 cm³/mol. The predicted octanol–water partition coefficient (Wildman–Crippen LogP) is 4.25. The molecule has 2 amide bonds. The monoisotopic (exact) mass is 384 g/mol. The number of carbonyl (C=O) groups excluding carboxylic acids is 2. The molecule has 2 aromatic carbocycles. The van der Waals surface area contributed by atoms with Crippen LogP contribution < -0.4 is 4.90 Å². The highest BCUT2D eigenvalue weighted by Gasteiger charge is 2.42. The molecule has 0 spiro atoms. The molecule has 2 aliphatic rings. The summed E-state index contributed by atoms with van der Waals surface area (Å²) >= 11 is 5.88. The molecular weight excluding hydrogens is 367 g/mol. The lowest BCUT2D eigenvalue weighted by atomic mass is 10.0. The molecule has 138 valence electrons. The van der Waals surface area contributed by atoms with Crippen LogP contribution in [0.25, 0.3) is 5.57 Å². The van der Waals surface area contributed by atoms with Gasteiger partial charge in [0.05, 0.1) is 16.3 Å². The van der Waals surface area contributed by atoms with E-state index in [1.165, 1.54) is 18.2 Å². The second-order valence-electron chi connectivity index (χ2n) is 6.68. The van der Waals surface area contributed by atoms with Crippen molar-refractivity contribution in [1.82, 2.24) is 4.90 Å². The number of hydrogen-bond donors (Lipinski definition) is 0. The number of amides is 2. The molecule has 0 saturated carbocycles. The van der Waals surface area contributed by atoms with Crippen molar-refractivity contribution in [2.45, 2.75) is 19.3 Å². The van der Waals surface area contributed by atoms with Crippen molar-refractivity contribution in [3.63, 3.8) is 0 Å². The average molecular weight is 385 g/mol. The van der Waals surface area contributed by atoms with Crippen LogP contribution in [0.4, 0.5) is 10.1 Å². The van der Waals surface area contributed by atoms with E-state index in [1.807, 2.05) is 35.2 Å². The fourth-order valence-electron chi connectivity index (χ4n) is 3.65. The summed E-state index contributed by atoms with van der Waals surface area (Å²) < 4.78 is 13.6. The summed E-state index contributed by atoms with van der Waals surface area (Å²) in [6.45, 7) is 1.48. The van der Waals surface area contributed by atoms with E-state index in [4.69, 9.17) is 11.6 Å². The van der Waals surface area contributed by atoms with E-state index in [1.54, 1.807) is 0 Å². The van der Waals surface area contributed by atoms with Gasteiger partial charge < -0.3 is 4.90 Å². The Morgan fingerprint density at radius 2 is 1.59 bits per heavy atom. The second kappa shape index (κ2) is 7.16. The van der Waals surface area contributed by atoms with Gasteiger partial charge in [0.15, 0.2) is 0 Å². The van der Waals surface area contributed by atoms with Gasteiger partial charge in [-0.05, 0) is 43.0 Å². The van der Waals surface area contributed by atoms with Gasteiger partial charge in [0, 0.05) is 13.1 Å². The van der Waals surface area contributed by atoms with Crippen molar-refractivity contribution < 1.29 is 14.0 Å². The molecule has 0 aliphatic carbocycles. The van der Waals surface area contributed by atoms with Gasteiger partial charge in [0.1, 0.15) is 11.5 Å². The first-order chi connectivity index (χ1) is 13.1. The number of likely N-dealkylation sites (tertiary alicyclic amines) is 1. The molecule has 1 fully saturated rings. The van der Waals surface area contributed by atoms with E-state index >= 15 is 0 Å². The van der Waals surface area contributed by atoms with Crippen LogP contribution in [0.2, 0.25) is 5.02 Å². The van der Waals surface area contributed by atoms with Crippen LogP contribution in [0.1, 0.15) is 24.8 Å². The molecule has 2 aliphatic heterocycles. The quantitative estimate of drug-likeness (QED) is 0.743. The number of nitrogens with zero attached hydrogens (tertiary/aromatic N) is 2. The maximum absolute atomic E-state index is 13.6. The largest absolute Gasteiger partial charge is 0.366 e. The zero-order valence-electron chi connectivity index (χ0n) is 14.6. The standard InChI is InChI=1S/C21H18ClFN2O2/c22-16-13-15(9-10-17(16)23)25-20(26)18(14-7-3-1-4-8-14)19(21(25)27)24-11-5-2-6-12-24/h1,3-4,7-10,13H,2,5-6,11-12H2. The molecule has 6 heteroatoms. The Bertz CT molecular complexity index is 936. The van der Waals surface area contributed by atoms with Gasteiger partial charge >= 0.3 is 0 Å². The molecule has 0 radical (unpaired) electrons. The highest BCUT2D eigenvalue weighted by molar-refractivity contribution is 6.45. The molecule has 1 saturated heterocycles. The lowest BCUT2D eigenvalue weighted by Gasteiger charge is -2.29. The minimum atomic E-state index is -0.591. The summed E-state index contributed by atoms with van der Waals surface area (Å²) in [6, 6.07) is 13.1. The van der Waals surface area contributed by atoms with Gasteiger partial charge in [0.2, 0.25) is 0 Å². The van der Waals surface area contributed by atoms with Crippen LogP contribution in [-0.2, 0) is 9.59 Å². The van der Waals surface area contributed by atoms with Crippen molar-refractivity contribution >= 4 is 34.7 Å². The summed E-state index contributed by atoms with van der Waals surface area (Å²) in [5, 5.41) is -0.124. The summed E-state index contributed by atoms with van der Waals surface area (Å²) in [5.41, 5.74) is 1.79. The highest BCUT2D eigenvalue weighted by atomic mass is 35.5. The minimum Gasteiger partial charge on any atom is -0.366 e. The first kappa shape index (κ1) is 17.7. The zero-order chi connectivity index (χ0) is 19.0. The second-order valence-corrected chi connectivity index (χ2v) is 7.09. The van der Waals surface area contributed by atoms with Crippen LogP contribution in [-0.4, -0.2) is 29.8 Å². The van der Waals surface area contributed by atoms with Crippen molar-refractivity contribution in [3.8, 4) is 0 Å². The third kappa shape index (κ3) is 3.12. The fourth-order valence-corrected chi connectivity index (χ4v) is 3.83. The maximum Gasteiger partial charge on any atom is 0.282 e. The van der Waals surface area contributed by atoms with E-state index in [0.29, 0.717) is 16.8 Å². The molecule has 27 heavy (non-hydrogen) atoms. The number of anilines is 1. The Kier molecular flexibility index (Phi) is 4.70. The molecule has 0 atom stereocenters. The number of halogens is 2. The molecule has 2 aromatic rings. The Morgan fingerprint density at radius 1 is 0.889 bits per heavy atom. The Morgan fingerprint density at radius 3 is 2.26 bits per heavy atom. The van der Waals surface area contributed by atoms with Crippen LogP contribution in [0, 0.1) is 5.82 Å². The third-order valence-corrected chi connectivity index (χ3v) is 5.25. The molecule has 0 unspecified atom stereocenters. The molecule has 4 nitrogen and oxygen atoms in total. The van der Waals surface area contributed by atoms with E-state index in [2.05, 4.69) is 0 Å². The molecule has 0 bridgehead atoms. The van der Waals surface area contributed by atoms with Gasteiger partial charge in [0.25, 0.3) is 11.8 Å². The lowest BCUT2D eigenvalue weighted by Crippen LogP contribution is -2.37. The molecule has 2 heterocycles. The lowest BCUT2D eigenvalue weighted by molar-refractivity contribution is -0.120. The van der Waals surface area contributed by atoms with Crippen molar-refractivity contribution in [2.24, 2.45) is 0 Å². The van der Waals surface area contributed by atoms with E-state index in [0.717, 1.165) is 37.3 Å². The summed E-state index contributed by atoms with van der Waals surface area (Å²) in [7, 11) is 0. The number of carbonyl (C=O) groups is 2. The summed E-state index contributed by atoms with van der Waals surface area (Å²) in [6.07, 6.45) is 3.08. The summed E-state index contributed by atoms with van der Waals surface area (Å²) in [4.78, 5) is 29.6. The van der Waals surface area contributed by atoms with Crippen molar-refractivity contribution in [2.75, 3.05) is 18.0 Å². The molecular formula is C21H18ClFN2O2. The van der Waals surface area contributed by atoms with Crippen molar-refractivity contribution in [1.29, 1.82) is 0 Å². The number of rotatable bonds is 3. The highest BCUT2D eigenvalue weighted by Crippen LogP contribution is 2.36. The topological polar surface area (TPSA) is 40.6 Å². The first-order valence-electron chi connectivity index (χ1n) is 8.96. The molecule has 0 N–H and O–H groups in total. The fraction of sp³-hybridized carbons (Fsp3) is 0.238. The van der Waals surface area contributed by atoms with E-state index in [9.17, 15) is 14.0 Å². The number of hydrogen-bond acceptors (Lipinski definition) is 3. The molecule has 4 rings (SSSR count). The van der Waals surface area contributed by atoms with Crippen LogP contribution in [0.5, 0.6) is 0 Å². The average Bonchev–Trinajstić information content (AvgIpc) is 2.96. The van der Waals surface area contributed by atoms with Crippen LogP contribution in [0.15, 0.2) is 54.2 Å². The Balaban J connectivity index is 1.82. The Hall–Kier alpha value is -2.66. The number of piperidine rings is 1. The van der Waals surface area contributed by atoms with Gasteiger partial charge in [-0.1, -0.05) is 41.9 Å².